The molecular weight excluding hydrogens is 312 g/mol. The molecule has 2 aromatic rings. The highest BCUT2D eigenvalue weighted by atomic mass is 16.2. The van der Waals surface area contributed by atoms with E-state index in [1.54, 1.807) is 0 Å². The highest BCUT2D eigenvalue weighted by Gasteiger charge is 2.47. The second kappa shape index (κ2) is 6.30. The molecule has 0 spiro atoms. The monoisotopic (exact) mass is 338 g/mol. The number of likely N-dealkylation sites (tertiary alicyclic amines) is 2. The van der Waals surface area contributed by atoms with E-state index >= 15 is 0 Å². The predicted octanol–water partition coefficient (Wildman–Crippen LogP) is 2.66. The zero-order valence-corrected chi connectivity index (χ0v) is 15.2. The molecule has 1 aromatic carbocycles. The van der Waals surface area contributed by atoms with Crippen LogP contribution in [0.4, 0.5) is 0 Å². The summed E-state index contributed by atoms with van der Waals surface area (Å²) in [7, 11) is 2.21. The Balaban J connectivity index is 1.55. The molecular formula is C20H26N4O. The van der Waals surface area contributed by atoms with Gasteiger partial charge in [-0.15, -0.1) is 0 Å². The number of rotatable bonds is 3. The van der Waals surface area contributed by atoms with Crippen molar-refractivity contribution in [3.8, 4) is 0 Å². The van der Waals surface area contributed by atoms with E-state index in [0.717, 1.165) is 31.7 Å². The normalized spacial score (nSPS) is 26.2. The van der Waals surface area contributed by atoms with Gasteiger partial charge in [-0.1, -0.05) is 31.2 Å². The van der Waals surface area contributed by atoms with Crippen molar-refractivity contribution in [3.05, 3.63) is 52.8 Å². The Morgan fingerprint density at radius 2 is 2.08 bits per heavy atom. The van der Waals surface area contributed by atoms with Crippen LogP contribution in [0.2, 0.25) is 0 Å². The van der Waals surface area contributed by atoms with E-state index in [1.807, 2.05) is 11.0 Å². The van der Waals surface area contributed by atoms with Gasteiger partial charge < -0.3 is 4.90 Å². The van der Waals surface area contributed by atoms with Crippen molar-refractivity contribution in [2.45, 2.75) is 26.3 Å². The first-order valence-corrected chi connectivity index (χ1v) is 9.17. The van der Waals surface area contributed by atoms with Crippen LogP contribution in [0.25, 0.3) is 0 Å². The average Bonchev–Trinajstić information content (AvgIpc) is 3.29. The second-order valence-corrected chi connectivity index (χ2v) is 7.51. The van der Waals surface area contributed by atoms with E-state index < -0.39 is 0 Å². The van der Waals surface area contributed by atoms with E-state index in [0.29, 0.717) is 23.6 Å². The molecule has 0 aliphatic carbocycles. The summed E-state index contributed by atoms with van der Waals surface area (Å²) in [5.74, 6) is 1.11. The number of H-pyrrole nitrogens is 1. The SMILES string of the molecule is CCc1cc(C(=O)N2C[C@@H]3CN(C)[C@@H](c4ccccc4C)[C@@H]3C2)n[nH]1. The van der Waals surface area contributed by atoms with Gasteiger partial charge >= 0.3 is 0 Å². The lowest BCUT2D eigenvalue weighted by Gasteiger charge is -2.27. The van der Waals surface area contributed by atoms with Crippen LogP contribution in [0.5, 0.6) is 0 Å². The van der Waals surface area contributed by atoms with Crippen LogP contribution in [0.1, 0.15) is 40.3 Å². The molecule has 132 valence electrons. The lowest BCUT2D eigenvalue weighted by molar-refractivity contribution is 0.0762. The van der Waals surface area contributed by atoms with Crippen LogP contribution < -0.4 is 0 Å². The van der Waals surface area contributed by atoms with E-state index in [-0.39, 0.29) is 5.91 Å². The quantitative estimate of drug-likeness (QED) is 0.936. The minimum Gasteiger partial charge on any atom is -0.337 e. The van der Waals surface area contributed by atoms with Crippen LogP contribution in [-0.4, -0.2) is 52.6 Å². The number of fused-ring (bicyclic) bond motifs is 1. The van der Waals surface area contributed by atoms with Crippen LogP contribution in [0.15, 0.2) is 30.3 Å². The Morgan fingerprint density at radius 1 is 1.28 bits per heavy atom. The number of amides is 1. The standard InChI is InChI=1S/C20H26N4O/c1-4-15-9-18(22-21-15)20(25)24-11-14-10-23(3)19(17(14)12-24)16-8-6-5-7-13(16)2/h5-9,14,17,19H,4,10-12H2,1-3H3,(H,21,22)/t14-,17+,19-/m0/s1. The van der Waals surface area contributed by atoms with Gasteiger partial charge in [-0.05, 0) is 43.5 Å². The molecule has 0 unspecified atom stereocenters. The number of aryl methyl sites for hydroxylation is 2. The van der Waals surface area contributed by atoms with E-state index in [2.05, 4.69) is 60.3 Å². The predicted molar refractivity (Wildman–Crippen MR) is 97.4 cm³/mol. The molecule has 5 heteroatoms. The van der Waals surface area contributed by atoms with Crippen LogP contribution in [0.3, 0.4) is 0 Å². The van der Waals surface area contributed by atoms with Crippen molar-refractivity contribution in [2.75, 3.05) is 26.7 Å². The molecule has 4 rings (SSSR count). The molecule has 0 radical (unpaired) electrons. The third kappa shape index (κ3) is 2.76. The molecule has 0 bridgehead atoms. The maximum atomic E-state index is 12.8. The zero-order chi connectivity index (χ0) is 17.6. The number of carbonyl (C=O) groups is 1. The van der Waals surface area contributed by atoms with Crippen molar-refractivity contribution in [3.63, 3.8) is 0 Å². The number of benzene rings is 1. The van der Waals surface area contributed by atoms with Crippen LogP contribution >= 0.6 is 0 Å². The highest BCUT2D eigenvalue weighted by Crippen LogP contribution is 2.45. The van der Waals surface area contributed by atoms with E-state index in [1.165, 1.54) is 11.1 Å². The number of hydrogen-bond acceptors (Lipinski definition) is 3. The number of nitrogens with one attached hydrogen (secondary N) is 1. The second-order valence-electron chi connectivity index (χ2n) is 7.51. The molecule has 5 nitrogen and oxygen atoms in total. The lowest BCUT2D eigenvalue weighted by Crippen LogP contribution is -2.33. The fourth-order valence-corrected chi connectivity index (χ4v) is 4.62. The van der Waals surface area contributed by atoms with Crippen molar-refractivity contribution < 1.29 is 4.79 Å². The Hall–Kier alpha value is -2.14. The first-order chi connectivity index (χ1) is 12.1. The molecule has 2 aliphatic heterocycles. The zero-order valence-electron chi connectivity index (χ0n) is 15.2. The van der Waals surface area contributed by atoms with Gasteiger partial charge in [-0.2, -0.15) is 5.10 Å². The van der Waals surface area contributed by atoms with Crippen molar-refractivity contribution in [2.24, 2.45) is 11.8 Å². The number of hydrogen-bond donors (Lipinski definition) is 1. The molecule has 2 saturated heterocycles. The summed E-state index contributed by atoms with van der Waals surface area (Å²) < 4.78 is 0. The minimum absolute atomic E-state index is 0.0662. The van der Waals surface area contributed by atoms with Gasteiger partial charge in [0.05, 0.1) is 0 Å². The number of aromatic amines is 1. The van der Waals surface area contributed by atoms with Gasteiger partial charge in [0, 0.05) is 37.3 Å². The fourth-order valence-electron chi connectivity index (χ4n) is 4.62. The largest absolute Gasteiger partial charge is 0.337 e. The Kier molecular flexibility index (Phi) is 4.12. The van der Waals surface area contributed by atoms with E-state index in [4.69, 9.17) is 0 Å². The van der Waals surface area contributed by atoms with Gasteiger partial charge in [0.15, 0.2) is 0 Å². The summed E-state index contributed by atoms with van der Waals surface area (Å²) in [6.07, 6.45) is 0.867. The van der Waals surface area contributed by atoms with Gasteiger partial charge in [-0.25, -0.2) is 0 Å². The molecule has 3 heterocycles. The van der Waals surface area contributed by atoms with Gasteiger partial charge in [0.2, 0.25) is 0 Å². The molecule has 25 heavy (non-hydrogen) atoms. The lowest BCUT2D eigenvalue weighted by atomic mass is 9.88. The Labute approximate surface area is 149 Å². The van der Waals surface area contributed by atoms with E-state index in [9.17, 15) is 4.79 Å². The maximum absolute atomic E-state index is 12.8. The first kappa shape index (κ1) is 16.3. The number of nitrogens with zero attached hydrogens (tertiary/aromatic N) is 3. The summed E-state index contributed by atoms with van der Waals surface area (Å²) in [5, 5.41) is 7.16. The molecule has 1 aromatic heterocycles. The first-order valence-electron chi connectivity index (χ1n) is 9.17. The summed E-state index contributed by atoms with van der Waals surface area (Å²) in [6.45, 7) is 6.95. The van der Waals surface area contributed by atoms with Crippen molar-refractivity contribution >= 4 is 5.91 Å². The molecule has 1 amide bonds. The number of carbonyl (C=O) groups excluding carboxylic acids is 1. The molecule has 1 N–H and O–H groups in total. The molecule has 3 atom stereocenters. The van der Waals surface area contributed by atoms with Crippen LogP contribution in [-0.2, 0) is 6.42 Å². The third-order valence-electron chi connectivity index (χ3n) is 5.92. The highest BCUT2D eigenvalue weighted by molar-refractivity contribution is 5.92. The number of aromatic nitrogens is 2. The van der Waals surface area contributed by atoms with Crippen molar-refractivity contribution in [1.82, 2.24) is 20.0 Å². The van der Waals surface area contributed by atoms with Gasteiger partial charge in [0.1, 0.15) is 5.69 Å². The summed E-state index contributed by atoms with van der Waals surface area (Å²) in [6, 6.07) is 10.9. The fraction of sp³-hybridized carbons (Fsp3) is 0.500. The maximum Gasteiger partial charge on any atom is 0.274 e. The smallest absolute Gasteiger partial charge is 0.274 e. The Morgan fingerprint density at radius 3 is 2.80 bits per heavy atom. The summed E-state index contributed by atoms with van der Waals surface area (Å²) in [5.41, 5.74) is 4.31. The molecule has 2 fully saturated rings. The van der Waals surface area contributed by atoms with Gasteiger partial charge in [-0.3, -0.25) is 14.8 Å². The van der Waals surface area contributed by atoms with Crippen molar-refractivity contribution in [1.29, 1.82) is 0 Å². The molecule has 0 saturated carbocycles. The average molecular weight is 338 g/mol. The minimum atomic E-state index is 0.0662. The topological polar surface area (TPSA) is 52.2 Å². The Bertz CT molecular complexity index is 784. The molecule has 2 aliphatic rings. The van der Waals surface area contributed by atoms with Crippen LogP contribution in [0, 0.1) is 18.8 Å². The summed E-state index contributed by atoms with van der Waals surface area (Å²) in [4.78, 5) is 17.3. The summed E-state index contributed by atoms with van der Waals surface area (Å²) >= 11 is 0. The third-order valence-corrected chi connectivity index (χ3v) is 5.92. The van der Waals surface area contributed by atoms with Gasteiger partial charge in [0.25, 0.3) is 5.91 Å².